The number of ether oxygens (including phenoxy) is 2. The van der Waals surface area contributed by atoms with E-state index in [0.717, 1.165) is 48.8 Å². The molecule has 1 N–H and O–H groups in total. The number of amides is 1. The number of rotatable bonds is 7. The van der Waals surface area contributed by atoms with Crippen LogP contribution >= 0.6 is 11.3 Å². The highest BCUT2D eigenvalue weighted by atomic mass is 32.1. The Morgan fingerprint density at radius 3 is 2.50 bits per heavy atom. The number of aromatic nitrogens is 1. The molecular formula is C23H29F3N4O3S. The van der Waals surface area contributed by atoms with Gasteiger partial charge in [-0.05, 0) is 24.6 Å². The molecule has 0 bridgehead atoms. The van der Waals surface area contributed by atoms with Crippen molar-refractivity contribution in [3.63, 3.8) is 0 Å². The Hall–Kier alpha value is -2.21. The second-order valence-electron chi connectivity index (χ2n) is 8.38. The van der Waals surface area contributed by atoms with Crippen LogP contribution in [0.5, 0.6) is 0 Å². The average Bonchev–Trinajstić information content (AvgIpc) is 3.29. The van der Waals surface area contributed by atoms with E-state index < -0.39 is 23.8 Å². The Balaban J connectivity index is 1.45. The van der Waals surface area contributed by atoms with E-state index in [1.54, 1.807) is 6.92 Å². The Labute approximate surface area is 200 Å². The van der Waals surface area contributed by atoms with Crippen LogP contribution in [-0.2, 0) is 22.1 Å². The van der Waals surface area contributed by atoms with Crippen molar-refractivity contribution in [1.82, 2.24) is 15.2 Å². The first-order chi connectivity index (χ1) is 16.3. The number of carbonyl (C=O) groups excluding carboxylic acids is 1. The molecular weight excluding hydrogens is 469 g/mol. The van der Waals surface area contributed by atoms with Crippen molar-refractivity contribution in [1.29, 1.82) is 0 Å². The maximum atomic E-state index is 13.7. The predicted molar refractivity (Wildman–Crippen MR) is 123 cm³/mol. The average molecular weight is 499 g/mol. The minimum atomic E-state index is -4.69. The topological polar surface area (TPSA) is 66.9 Å². The monoisotopic (exact) mass is 498 g/mol. The molecule has 2 aromatic rings. The number of benzene rings is 1. The summed E-state index contributed by atoms with van der Waals surface area (Å²) in [6.07, 6.45) is -4.34. The Bertz CT molecular complexity index is 973. The third-order valence-electron chi connectivity index (χ3n) is 5.99. The van der Waals surface area contributed by atoms with E-state index >= 15 is 0 Å². The van der Waals surface area contributed by atoms with Crippen molar-refractivity contribution in [2.24, 2.45) is 0 Å². The molecule has 2 fully saturated rings. The number of halogens is 3. The molecule has 0 radical (unpaired) electrons. The van der Waals surface area contributed by atoms with Gasteiger partial charge in [-0.15, -0.1) is 11.3 Å². The number of hydrogen-bond donors (Lipinski definition) is 1. The number of nitrogens with zero attached hydrogens (tertiary/aromatic N) is 3. The van der Waals surface area contributed by atoms with E-state index in [2.05, 4.69) is 20.1 Å². The molecule has 2 saturated heterocycles. The first kappa shape index (κ1) is 24.9. The zero-order valence-electron chi connectivity index (χ0n) is 19.1. The summed E-state index contributed by atoms with van der Waals surface area (Å²) >= 11 is 0.823. The van der Waals surface area contributed by atoms with Crippen LogP contribution < -0.4 is 10.2 Å². The van der Waals surface area contributed by atoms with E-state index in [-0.39, 0.29) is 4.88 Å². The second-order valence-corrected chi connectivity index (χ2v) is 9.46. The molecule has 1 amide bonds. The molecule has 1 aromatic carbocycles. The molecule has 7 nitrogen and oxygen atoms in total. The Morgan fingerprint density at radius 1 is 1.15 bits per heavy atom. The van der Waals surface area contributed by atoms with Gasteiger partial charge < -0.3 is 19.7 Å². The third-order valence-corrected chi connectivity index (χ3v) is 7.10. The van der Waals surface area contributed by atoms with Crippen molar-refractivity contribution in [2.45, 2.75) is 25.6 Å². The fourth-order valence-corrected chi connectivity index (χ4v) is 5.03. The quantitative estimate of drug-likeness (QED) is 0.632. The van der Waals surface area contributed by atoms with Gasteiger partial charge in [0.2, 0.25) is 0 Å². The molecule has 0 aliphatic carbocycles. The van der Waals surface area contributed by atoms with E-state index in [0.29, 0.717) is 44.4 Å². The largest absolute Gasteiger partial charge is 0.435 e. The number of thiazole rings is 1. The summed E-state index contributed by atoms with van der Waals surface area (Å²) in [6.45, 7) is 7.90. The summed E-state index contributed by atoms with van der Waals surface area (Å²) < 4.78 is 51.7. The zero-order chi connectivity index (χ0) is 24.1. The summed E-state index contributed by atoms with van der Waals surface area (Å²) in [7, 11) is 0. The van der Waals surface area contributed by atoms with E-state index in [1.807, 2.05) is 24.3 Å². The number of alkyl halides is 3. The van der Waals surface area contributed by atoms with Gasteiger partial charge in [0.25, 0.3) is 5.91 Å². The number of hydrogen-bond acceptors (Lipinski definition) is 7. The maximum Gasteiger partial charge on any atom is 0.435 e. The summed E-state index contributed by atoms with van der Waals surface area (Å²) in [4.78, 5) is 20.6. The second kappa shape index (κ2) is 11.0. The Morgan fingerprint density at radius 2 is 1.82 bits per heavy atom. The number of carbonyl (C=O) groups is 1. The maximum absolute atomic E-state index is 13.7. The minimum Gasteiger partial charge on any atom is -0.379 e. The molecule has 11 heteroatoms. The van der Waals surface area contributed by atoms with Crippen LogP contribution in [0.25, 0.3) is 0 Å². The van der Waals surface area contributed by atoms with Crippen LogP contribution in [-0.4, -0.2) is 74.9 Å². The van der Waals surface area contributed by atoms with Crippen molar-refractivity contribution < 1.29 is 27.4 Å². The molecule has 34 heavy (non-hydrogen) atoms. The predicted octanol–water partition coefficient (Wildman–Crippen LogP) is 3.36. The van der Waals surface area contributed by atoms with Gasteiger partial charge in [0.1, 0.15) is 4.88 Å². The highest BCUT2D eigenvalue weighted by Gasteiger charge is 2.39. The summed E-state index contributed by atoms with van der Waals surface area (Å²) in [5.74, 6) is -0.758. The van der Waals surface area contributed by atoms with Gasteiger partial charge in [-0.2, -0.15) is 13.2 Å². The molecule has 0 spiro atoms. The molecule has 2 aliphatic heterocycles. The smallest absolute Gasteiger partial charge is 0.379 e. The molecule has 1 unspecified atom stereocenters. The van der Waals surface area contributed by atoms with Crippen LogP contribution in [0.2, 0.25) is 0 Å². The molecule has 186 valence electrons. The highest BCUT2D eigenvalue weighted by Crippen LogP contribution is 2.35. The van der Waals surface area contributed by atoms with Gasteiger partial charge in [0, 0.05) is 44.8 Å². The lowest BCUT2D eigenvalue weighted by molar-refractivity contribution is -0.141. The fraction of sp³-hybridized carbons (Fsp3) is 0.565. The van der Waals surface area contributed by atoms with Crippen LogP contribution in [0.4, 0.5) is 18.9 Å². The number of morpholine rings is 2. The van der Waals surface area contributed by atoms with Gasteiger partial charge in [-0.3, -0.25) is 9.69 Å². The fourth-order valence-electron chi connectivity index (χ4n) is 4.05. The minimum absolute atomic E-state index is 0.311. The van der Waals surface area contributed by atoms with Crippen molar-refractivity contribution in [3.8, 4) is 0 Å². The van der Waals surface area contributed by atoms with Crippen molar-refractivity contribution in [2.75, 3.05) is 64.1 Å². The van der Waals surface area contributed by atoms with E-state index in [9.17, 15) is 18.0 Å². The first-order valence-electron chi connectivity index (χ1n) is 11.4. The molecule has 4 rings (SSSR count). The SMILES string of the molecule is CC(NC(=O)c1sc(CCN2CCOCC2)nc1C(F)(F)F)c1cccc(N2CCOCC2)c1. The third kappa shape index (κ3) is 6.26. The number of anilines is 1. The van der Waals surface area contributed by atoms with Gasteiger partial charge in [-0.1, -0.05) is 12.1 Å². The molecule has 1 atom stereocenters. The van der Waals surface area contributed by atoms with Gasteiger partial charge in [0.05, 0.1) is 37.5 Å². The first-order valence-corrected chi connectivity index (χ1v) is 12.2. The van der Waals surface area contributed by atoms with Crippen LogP contribution in [0.3, 0.4) is 0 Å². The van der Waals surface area contributed by atoms with Crippen molar-refractivity contribution in [3.05, 3.63) is 45.4 Å². The summed E-state index contributed by atoms with van der Waals surface area (Å²) in [5.41, 5.74) is 0.713. The lowest BCUT2D eigenvalue weighted by Gasteiger charge is -2.29. The molecule has 2 aliphatic rings. The molecule has 1 aromatic heterocycles. The van der Waals surface area contributed by atoms with E-state index in [1.165, 1.54) is 0 Å². The highest BCUT2D eigenvalue weighted by molar-refractivity contribution is 7.13. The normalized spacial score (nSPS) is 18.6. The molecule has 0 saturated carbocycles. The van der Waals surface area contributed by atoms with Gasteiger partial charge >= 0.3 is 6.18 Å². The van der Waals surface area contributed by atoms with Crippen LogP contribution in [0.15, 0.2) is 24.3 Å². The van der Waals surface area contributed by atoms with Crippen LogP contribution in [0.1, 0.15) is 38.9 Å². The standard InChI is InChI=1S/C23H29F3N4O3S/c1-16(17-3-2-4-18(15-17)30-9-13-33-14-10-30)27-22(31)20-21(23(24,25)26)28-19(34-20)5-6-29-7-11-32-12-8-29/h2-4,15-16H,5-14H2,1H3,(H,27,31). The number of nitrogens with one attached hydrogen (secondary N) is 1. The van der Waals surface area contributed by atoms with Crippen LogP contribution in [0, 0.1) is 0 Å². The lowest BCUT2D eigenvalue weighted by Crippen LogP contribution is -2.37. The Kier molecular flexibility index (Phi) is 8.07. The zero-order valence-corrected chi connectivity index (χ0v) is 19.9. The van der Waals surface area contributed by atoms with E-state index in [4.69, 9.17) is 9.47 Å². The lowest BCUT2D eigenvalue weighted by atomic mass is 10.1. The van der Waals surface area contributed by atoms with Gasteiger partial charge in [-0.25, -0.2) is 4.98 Å². The summed E-state index contributed by atoms with van der Waals surface area (Å²) in [6, 6.07) is 7.23. The molecule has 3 heterocycles. The summed E-state index contributed by atoms with van der Waals surface area (Å²) in [5, 5.41) is 3.05. The van der Waals surface area contributed by atoms with Gasteiger partial charge in [0.15, 0.2) is 5.69 Å². The van der Waals surface area contributed by atoms with Crippen molar-refractivity contribution >= 4 is 22.9 Å².